The van der Waals surface area contributed by atoms with Crippen molar-refractivity contribution in [1.82, 2.24) is 20.3 Å². The van der Waals surface area contributed by atoms with E-state index in [0.29, 0.717) is 0 Å². The predicted octanol–water partition coefficient (Wildman–Crippen LogP) is 0.813. The summed E-state index contributed by atoms with van der Waals surface area (Å²) in [4.78, 5) is 0. The molecule has 0 aliphatic carbocycles. The first-order chi connectivity index (χ1) is 7.26. The fourth-order valence-electron chi connectivity index (χ4n) is 1.24. The van der Waals surface area contributed by atoms with E-state index in [1.54, 1.807) is 7.11 Å². The fraction of sp³-hybridized carbons (Fsp3) is 0.800. The van der Waals surface area contributed by atoms with Gasteiger partial charge in [0.05, 0.1) is 18.3 Å². The van der Waals surface area contributed by atoms with Crippen LogP contribution in [-0.4, -0.2) is 34.8 Å². The van der Waals surface area contributed by atoms with E-state index < -0.39 is 0 Å². The summed E-state index contributed by atoms with van der Waals surface area (Å²) in [7, 11) is 1.70. The summed E-state index contributed by atoms with van der Waals surface area (Å²) < 4.78 is 6.97. The van der Waals surface area contributed by atoms with Crippen LogP contribution in [0.4, 0.5) is 0 Å². The summed E-state index contributed by atoms with van der Waals surface area (Å²) in [6, 6.07) is 0. The zero-order chi connectivity index (χ0) is 11.1. The van der Waals surface area contributed by atoms with Crippen molar-refractivity contribution in [2.75, 3.05) is 13.7 Å². The summed E-state index contributed by atoms with van der Waals surface area (Å²) in [6.45, 7) is 6.70. The number of methoxy groups -OCH3 is 1. The lowest BCUT2D eigenvalue weighted by atomic mass is 10.4. The van der Waals surface area contributed by atoms with Gasteiger partial charge in [-0.1, -0.05) is 12.1 Å². The molecule has 1 heterocycles. The largest absolute Gasteiger partial charge is 0.380 e. The molecule has 0 aliphatic heterocycles. The number of nitrogens with one attached hydrogen (secondary N) is 1. The normalized spacial score (nSPS) is 13.0. The Hall–Kier alpha value is -0.940. The van der Waals surface area contributed by atoms with Gasteiger partial charge in [-0.05, 0) is 19.9 Å². The molecule has 0 saturated heterocycles. The highest BCUT2D eigenvalue weighted by Gasteiger charge is 2.04. The minimum absolute atomic E-state index is 0.170. The van der Waals surface area contributed by atoms with E-state index in [-0.39, 0.29) is 6.10 Å². The molecule has 1 atom stereocenters. The summed E-state index contributed by atoms with van der Waals surface area (Å²) in [6.07, 6.45) is 3.26. The lowest BCUT2D eigenvalue weighted by molar-refractivity contribution is 0.0993. The van der Waals surface area contributed by atoms with Gasteiger partial charge in [-0.15, -0.1) is 5.10 Å². The molecule has 0 aliphatic rings. The van der Waals surface area contributed by atoms with Crippen LogP contribution in [0.25, 0.3) is 0 Å². The SMILES string of the molecule is CCCNCc1cn(CC(C)OC)nn1. The second-order valence-corrected chi connectivity index (χ2v) is 3.66. The zero-order valence-corrected chi connectivity index (χ0v) is 9.73. The number of nitrogens with zero attached hydrogens (tertiary/aromatic N) is 3. The van der Waals surface area contributed by atoms with Crippen molar-refractivity contribution in [1.29, 1.82) is 0 Å². The maximum atomic E-state index is 5.16. The highest BCUT2D eigenvalue weighted by molar-refractivity contribution is 4.91. The average molecular weight is 212 g/mol. The van der Waals surface area contributed by atoms with Crippen LogP contribution in [0.1, 0.15) is 26.0 Å². The second kappa shape index (κ2) is 6.53. The van der Waals surface area contributed by atoms with Crippen LogP contribution in [-0.2, 0) is 17.8 Å². The van der Waals surface area contributed by atoms with Gasteiger partial charge in [0.2, 0.25) is 0 Å². The van der Waals surface area contributed by atoms with Crippen molar-refractivity contribution < 1.29 is 4.74 Å². The van der Waals surface area contributed by atoms with E-state index in [2.05, 4.69) is 22.6 Å². The Morgan fingerprint density at radius 3 is 3.07 bits per heavy atom. The van der Waals surface area contributed by atoms with Gasteiger partial charge in [0.25, 0.3) is 0 Å². The van der Waals surface area contributed by atoms with Gasteiger partial charge in [-0.2, -0.15) is 0 Å². The Balaban J connectivity index is 2.35. The third-order valence-electron chi connectivity index (χ3n) is 2.17. The number of aromatic nitrogens is 3. The number of hydrogen-bond donors (Lipinski definition) is 1. The molecule has 86 valence electrons. The van der Waals surface area contributed by atoms with Gasteiger partial charge in [0.1, 0.15) is 0 Å². The highest BCUT2D eigenvalue weighted by atomic mass is 16.5. The molecule has 0 amide bonds. The smallest absolute Gasteiger partial charge is 0.0964 e. The Morgan fingerprint density at radius 1 is 1.60 bits per heavy atom. The molecule has 5 nitrogen and oxygen atoms in total. The first kappa shape index (κ1) is 12.1. The number of rotatable bonds is 7. The van der Waals surface area contributed by atoms with Gasteiger partial charge in [0, 0.05) is 19.9 Å². The lowest BCUT2D eigenvalue weighted by Crippen LogP contribution is -2.15. The van der Waals surface area contributed by atoms with Crippen LogP contribution >= 0.6 is 0 Å². The third-order valence-corrected chi connectivity index (χ3v) is 2.17. The van der Waals surface area contributed by atoms with E-state index >= 15 is 0 Å². The monoisotopic (exact) mass is 212 g/mol. The molecule has 0 radical (unpaired) electrons. The molecule has 1 N–H and O–H groups in total. The first-order valence-corrected chi connectivity index (χ1v) is 5.38. The van der Waals surface area contributed by atoms with Crippen molar-refractivity contribution in [3.63, 3.8) is 0 Å². The number of ether oxygens (including phenoxy) is 1. The molecule has 0 bridgehead atoms. The minimum Gasteiger partial charge on any atom is -0.380 e. The van der Waals surface area contributed by atoms with Crippen molar-refractivity contribution >= 4 is 0 Å². The van der Waals surface area contributed by atoms with E-state index in [1.807, 2.05) is 17.8 Å². The van der Waals surface area contributed by atoms with Crippen molar-refractivity contribution in [3.05, 3.63) is 11.9 Å². The van der Waals surface area contributed by atoms with Crippen LogP contribution in [0, 0.1) is 0 Å². The molecular weight excluding hydrogens is 192 g/mol. The van der Waals surface area contributed by atoms with Crippen LogP contribution in [0.3, 0.4) is 0 Å². The van der Waals surface area contributed by atoms with Gasteiger partial charge < -0.3 is 10.1 Å². The lowest BCUT2D eigenvalue weighted by Gasteiger charge is -2.07. The summed E-state index contributed by atoms with van der Waals surface area (Å²) in [5.41, 5.74) is 0.978. The van der Waals surface area contributed by atoms with Gasteiger partial charge in [-0.25, -0.2) is 4.68 Å². The van der Waals surface area contributed by atoms with Crippen LogP contribution in [0.2, 0.25) is 0 Å². The molecule has 0 fully saturated rings. The Morgan fingerprint density at radius 2 is 2.40 bits per heavy atom. The van der Waals surface area contributed by atoms with Crippen LogP contribution in [0.5, 0.6) is 0 Å². The van der Waals surface area contributed by atoms with Crippen LogP contribution < -0.4 is 5.32 Å². The molecule has 1 aromatic rings. The van der Waals surface area contributed by atoms with E-state index in [4.69, 9.17) is 4.74 Å². The van der Waals surface area contributed by atoms with E-state index in [1.165, 1.54) is 0 Å². The standard InChI is InChI=1S/C10H20N4O/c1-4-5-11-6-10-8-14(13-12-10)7-9(2)15-3/h8-9,11H,4-7H2,1-3H3. The summed E-state index contributed by atoms with van der Waals surface area (Å²) in [5, 5.41) is 11.4. The Bertz CT molecular complexity index is 274. The zero-order valence-electron chi connectivity index (χ0n) is 9.73. The maximum absolute atomic E-state index is 5.16. The van der Waals surface area contributed by atoms with Gasteiger partial charge in [0.15, 0.2) is 0 Å². The van der Waals surface area contributed by atoms with Crippen LogP contribution in [0.15, 0.2) is 6.20 Å². The van der Waals surface area contributed by atoms with Crippen molar-refractivity contribution in [2.45, 2.75) is 39.5 Å². The Kier molecular flexibility index (Phi) is 5.28. The molecule has 1 unspecified atom stereocenters. The van der Waals surface area contributed by atoms with Gasteiger partial charge >= 0.3 is 0 Å². The molecule has 15 heavy (non-hydrogen) atoms. The van der Waals surface area contributed by atoms with E-state index in [9.17, 15) is 0 Å². The molecule has 0 aromatic carbocycles. The molecule has 0 spiro atoms. The third kappa shape index (κ3) is 4.40. The van der Waals surface area contributed by atoms with E-state index in [0.717, 1.165) is 31.7 Å². The fourth-order valence-corrected chi connectivity index (χ4v) is 1.24. The quantitative estimate of drug-likeness (QED) is 0.680. The van der Waals surface area contributed by atoms with Crippen molar-refractivity contribution in [3.8, 4) is 0 Å². The van der Waals surface area contributed by atoms with Crippen molar-refractivity contribution in [2.24, 2.45) is 0 Å². The molecule has 1 rings (SSSR count). The Labute approximate surface area is 90.8 Å². The molecule has 0 saturated carbocycles. The highest BCUT2D eigenvalue weighted by Crippen LogP contribution is 1.96. The molecular formula is C10H20N4O. The topological polar surface area (TPSA) is 52.0 Å². The summed E-state index contributed by atoms with van der Waals surface area (Å²) >= 11 is 0. The second-order valence-electron chi connectivity index (χ2n) is 3.66. The van der Waals surface area contributed by atoms with Gasteiger partial charge in [-0.3, -0.25) is 0 Å². The maximum Gasteiger partial charge on any atom is 0.0964 e. The minimum atomic E-state index is 0.170. The predicted molar refractivity (Wildman–Crippen MR) is 58.5 cm³/mol. The molecule has 5 heteroatoms. The molecule has 1 aromatic heterocycles. The summed E-state index contributed by atoms with van der Waals surface area (Å²) in [5.74, 6) is 0. The first-order valence-electron chi connectivity index (χ1n) is 5.38. The number of hydrogen-bond acceptors (Lipinski definition) is 4. The average Bonchev–Trinajstić information content (AvgIpc) is 2.66.